The zero-order chi connectivity index (χ0) is 24.6. The van der Waals surface area contributed by atoms with Gasteiger partial charge in [0, 0.05) is 12.4 Å². The summed E-state index contributed by atoms with van der Waals surface area (Å²) in [4.78, 5) is 10.2. The second-order valence-electron chi connectivity index (χ2n) is 9.31. The first-order chi connectivity index (χ1) is 13.8. The van der Waals surface area contributed by atoms with Crippen LogP contribution in [-0.4, -0.2) is 82.1 Å². The van der Waals surface area contributed by atoms with E-state index in [1.807, 2.05) is 0 Å². The average molecular weight is 480 g/mol. The molecule has 1 heterocycles. The minimum absolute atomic E-state index is 0.0508. The molecule has 178 valence electrons. The van der Waals surface area contributed by atoms with Gasteiger partial charge < -0.3 is 34.0 Å². The Bertz CT molecular complexity index is 719. The lowest BCUT2D eigenvalue weighted by atomic mass is 9.90. The van der Waals surface area contributed by atoms with E-state index in [0.717, 1.165) is 13.8 Å². The Morgan fingerprint density at radius 3 is 1.94 bits per heavy atom. The average Bonchev–Trinajstić information content (AvgIpc) is 2.85. The summed E-state index contributed by atoms with van der Waals surface area (Å²) in [5.41, 5.74) is -3.60. The summed E-state index contributed by atoms with van der Waals surface area (Å²) in [6.45, 7) is 10.4. The lowest BCUT2D eigenvalue weighted by molar-refractivity contribution is -0.0338. The normalized spacial score (nSPS) is 33.6. The summed E-state index contributed by atoms with van der Waals surface area (Å²) in [6, 6.07) is -1.05. The standard InChI is InChI=1S/C18H36B2O9P2/c1-8-17(6,10-12-13(21)14(22)15(19)27-12)28-30(20,24)11(3)18(7,9-2)29-31(25,26)16(4,5)23/h11-15,21-23H,8-10H2,1-7H3,(H,25,26)/t11?,12-,13-,14-,15-,17?,18?,30?/m1/s1. The van der Waals surface area contributed by atoms with Gasteiger partial charge in [-0.3, -0.25) is 9.09 Å². The van der Waals surface area contributed by atoms with Gasteiger partial charge in [-0.25, -0.2) is 0 Å². The highest BCUT2D eigenvalue weighted by molar-refractivity contribution is 7.84. The van der Waals surface area contributed by atoms with Crippen molar-refractivity contribution >= 4 is 30.3 Å². The van der Waals surface area contributed by atoms with Crippen molar-refractivity contribution in [1.82, 2.24) is 0 Å². The van der Waals surface area contributed by atoms with Crippen LogP contribution in [0, 0.1) is 0 Å². The van der Waals surface area contributed by atoms with Gasteiger partial charge in [0.05, 0.1) is 29.1 Å². The number of hydrogen-bond donors (Lipinski definition) is 4. The maximum Gasteiger partial charge on any atom is 0.359 e. The molecule has 0 aromatic carbocycles. The quantitative estimate of drug-likeness (QED) is 0.258. The Kier molecular flexibility index (Phi) is 9.36. The van der Waals surface area contributed by atoms with E-state index in [1.54, 1.807) is 20.8 Å². The van der Waals surface area contributed by atoms with Gasteiger partial charge in [0.1, 0.15) is 14.0 Å². The molecule has 0 amide bonds. The van der Waals surface area contributed by atoms with Gasteiger partial charge in [-0.15, -0.1) is 0 Å². The van der Waals surface area contributed by atoms with Crippen molar-refractivity contribution in [3.05, 3.63) is 0 Å². The molecule has 1 aliphatic heterocycles. The van der Waals surface area contributed by atoms with Crippen LogP contribution < -0.4 is 0 Å². The van der Waals surface area contributed by atoms with Gasteiger partial charge in [-0.2, -0.15) is 0 Å². The van der Waals surface area contributed by atoms with Gasteiger partial charge in [0.25, 0.3) is 0 Å². The zero-order valence-electron chi connectivity index (χ0n) is 19.4. The minimum Gasteiger partial charge on any atom is -0.388 e. The van der Waals surface area contributed by atoms with E-state index in [9.17, 15) is 29.3 Å². The highest BCUT2D eigenvalue weighted by atomic mass is 31.2. The van der Waals surface area contributed by atoms with E-state index in [-0.39, 0.29) is 12.8 Å². The second-order valence-corrected chi connectivity index (χ2v) is 13.9. The molecule has 13 heteroatoms. The van der Waals surface area contributed by atoms with Crippen LogP contribution in [0.25, 0.3) is 0 Å². The van der Waals surface area contributed by atoms with E-state index in [1.165, 1.54) is 13.8 Å². The number of aliphatic hydroxyl groups is 3. The Morgan fingerprint density at radius 2 is 1.58 bits per heavy atom. The number of ether oxygens (including phenoxy) is 1. The predicted octanol–water partition coefficient (Wildman–Crippen LogP) is 2.03. The van der Waals surface area contributed by atoms with Crippen LogP contribution in [0.5, 0.6) is 0 Å². The van der Waals surface area contributed by atoms with Gasteiger partial charge in [-0.1, -0.05) is 20.8 Å². The third-order valence-corrected chi connectivity index (χ3v) is 10.7. The Hall–Kier alpha value is 0.310. The lowest BCUT2D eigenvalue weighted by Gasteiger charge is -2.43. The first-order valence-corrected chi connectivity index (χ1v) is 13.7. The second kappa shape index (κ2) is 9.89. The van der Waals surface area contributed by atoms with Crippen molar-refractivity contribution in [2.45, 2.75) is 114 Å². The van der Waals surface area contributed by atoms with Crippen molar-refractivity contribution in [3.63, 3.8) is 0 Å². The monoisotopic (exact) mass is 480 g/mol. The zero-order valence-corrected chi connectivity index (χ0v) is 21.2. The Labute approximate surface area is 188 Å². The summed E-state index contributed by atoms with van der Waals surface area (Å²) in [5, 5.41) is 28.0. The van der Waals surface area contributed by atoms with Crippen LogP contribution in [0.4, 0.5) is 0 Å². The summed E-state index contributed by atoms with van der Waals surface area (Å²) in [5.74, 6) is 0. The number of hydrogen-bond acceptors (Lipinski definition) is 8. The Balaban J connectivity index is 3.10. The van der Waals surface area contributed by atoms with Gasteiger partial charge in [0.15, 0.2) is 12.6 Å². The third kappa shape index (κ3) is 6.68. The summed E-state index contributed by atoms with van der Waals surface area (Å²) in [6.07, 6.45) is -2.80. The fourth-order valence-electron chi connectivity index (χ4n) is 3.25. The van der Waals surface area contributed by atoms with E-state index in [0.29, 0.717) is 6.42 Å². The van der Waals surface area contributed by atoms with Crippen molar-refractivity contribution in [2.75, 3.05) is 0 Å². The molecule has 0 aliphatic carbocycles. The molecule has 1 saturated heterocycles. The van der Waals surface area contributed by atoms with Crippen molar-refractivity contribution in [2.24, 2.45) is 0 Å². The Morgan fingerprint density at radius 1 is 1.06 bits per heavy atom. The SMILES string of the molecule is [B][C@@H]1O[C@H](CC(C)(CC)OP([B])(=O)C(C)C(C)(CC)OP(=O)(O)C(C)(C)O)[C@@H](O)[C@H]1O. The highest BCUT2D eigenvalue weighted by Crippen LogP contribution is 2.62. The van der Waals surface area contributed by atoms with E-state index in [2.05, 4.69) is 0 Å². The lowest BCUT2D eigenvalue weighted by Crippen LogP contribution is -2.44. The number of aliphatic hydroxyl groups excluding tert-OH is 2. The predicted molar refractivity (Wildman–Crippen MR) is 120 cm³/mol. The first kappa shape index (κ1) is 29.3. The maximum absolute atomic E-state index is 13.5. The number of rotatable bonds is 11. The molecule has 0 aromatic rings. The molecule has 1 fully saturated rings. The molecule has 5 unspecified atom stereocenters. The summed E-state index contributed by atoms with van der Waals surface area (Å²) < 4.78 is 42.7. The van der Waals surface area contributed by atoms with Crippen LogP contribution in [-0.2, 0) is 22.9 Å². The molecule has 9 nitrogen and oxygen atoms in total. The molecule has 1 aliphatic rings. The smallest absolute Gasteiger partial charge is 0.359 e. The van der Waals surface area contributed by atoms with Gasteiger partial charge >= 0.3 is 7.60 Å². The molecule has 9 atom stereocenters. The highest BCUT2D eigenvalue weighted by Gasteiger charge is 2.51. The molecule has 31 heavy (non-hydrogen) atoms. The molecular formula is C18H36B2O9P2. The van der Waals surface area contributed by atoms with E-state index >= 15 is 0 Å². The molecule has 0 aromatic heterocycles. The molecule has 0 spiro atoms. The van der Waals surface area contributed by atoms with Crippen molar-refractivity contribution in [3.8, 4) is 0 Å². The molecule has 4 radical (unpaired) electrons. The van der Waals surface area contributed by atoms with Crippen LogP contribution in [0.1, 0.15) is 67.7 Å². The topological polar surface area (TPSA) is 143 Å². The van der Waals surface area contributed by atoms with E-state index in [4.69, 9.17) is 29.2 Å². The van der Waals surface area contributed by atoms with Gasteiger partial charge in [-0.05, 0) is 40.5 Å². The first-order valence-electron chi connectivity index (χ1n) is 10.4. The largest absolute Gasteiger partial charge is 0.388 e. The van der Waals surface area contributed by atoms with Crippen molar-refractivity contribution < 1.29 is 43.1 Å². The molecule has 4 N–H and O–H groups in total. The van der Waals surface area contributed by atoms with Crippen LogP contribution in [0.15, 0.2) is 0 Å². The van der Waals surface area contributed by atoms with E-state index < -0.39 is 61.4 Å². The summed E-state index contributed by atoms with van der Waals surface area (Å²) in [7, 11) is 3.25. The maximum atomic E-state index is 13.5. The van der Waals surface area contributed by atoms with Crippen LogP contribution in [0.3, 0.4) is 0 Å². The van der Waals surface area contributed by atoms with Crippen LogP contribution >= 0.6 is 14.8 Å². The fourth-order valence-corrected chi connectivity index (χ4v) is 6.46. The molecule has 0 bridgehead atoms. The molecular weight excluding hydrogens is 444 g/mol. The van der Waals surface area contributed by atoms with Crippen LogP contribution in [0.2, 0.25) is 0 Å². The van der Waals surface area contributed by atoms with Gasteiger partial charge in [0.2, 0.25) is 7.57 Å². The third-order valence-electron chi connectivity index (χ3n) is 6.29. The fraction of sp³-hybridized carbons (Fsp3) is 1.00. The minimum atomic E-state index is -4.51. The molecule has 1 rings (SSSR count). The van der Waals surface area contributed by atoms with Crippen molar-refractivity contribution in [1.29, 1.82) is 0 Å². The summed E-state index contributed by atoms with van der Waals surface area (Å²) >= 11 is 0. The molecule has 0 saturated carbocycles.